The lowest BCUT2D eigenvalue weighted by Gasteiger charge is -2.64. The number of rotatable bonds is 4. The molecule has 9 heteroatoms. The number of cyclic esters (lactones) is 1. The van der Waals surface area contributed by atoms with Gasteiger partial charge in [0.25, 0.3) is 0 Å². The van der Waals surface area contributed by atoms with Crippen LogP contribution in [0.5, 0.6) is 0 Å². The Hall–Kier alpha value is -2.94. The zero-order chi connectivity index (χ0) is 27.8. The van der Waals surface area contributed by atoms with E-state index in [1.165, 1.54) is 20.3 Å². The van der Waals surface area contributed by atoms with Crippen LogP contribution < -0.4 is 0 Å². The smallest absolute Gasteiger partial charge is 0.307 e. The average molecular weight is 529 g/mol. The van der Waals surface area contributed by atoms with Crippen LogP contribution in [-0.2, 0) is 33.4 Å². The highest BCUT2D eigenvalue weighted by atomic mass is 16.6. The van der Waals surface area contributed by atoms with Gasteiger partial charge in [0.05, 0.1) is 38.1 Å². The maximum atomic E-state index is 14.1. The molecule has 4 aliphatic rings. The predicted molar refractivity (Wildman–Crippen MR) is 132 cm³/mol. The Bertz CT molecular complexity index is 1200. The monoisotopic (exact) mass is 528 g/mol. The Kier molecular flexibility index (Phi) is 6.17. The van der Waals surface area contributed by atoms with E-state index in [1.807, 2.05) is 33.8 Å². The number of hydrogen-bond acceptors (Lipinski definition) is 9. The molecule has 2 bridgehead atoms. The van der Waals surface area contributed by atoms with E-state index in [1.54, 1.807) is 12.3 Å². The number of ketones is 1. The fourth-order valence-corrected chi connectivity index (χ4v) is 8.36. The summed E-state index contributed by atoms with van der Waals surface area (Å²) < 4.78 is 22.1. The molecule has 0 amide bonds. The normalized spacial score (nSPS) is 41.2. The van der Waals surface area contributed by atoms with Crippen LogP contribution in [0, 0.1) is 39.9 Å². The lowest BCUT2D eigenvalue weighted by molar-refractivity contribution is -0.207. The van der Waals surface area contributed by atoms with Crippen LogP contribution in [-0.4, -0.2) is 48.1 Å². The molecule has 206 valence electrons. The van der Waals surface area contributed by atoms with E-state index in [9.17, 15) is 24.3 Å². The van der Waals surface area contributed by atoms with Crippen molar-refractivity contribution >= 4 is 23.7 Å². The quantitative estimate of drug-likeness (QED) is 0.354. The molecule has 5 rings (SSSR count). The van der Waals surface area contributed by atoms with Crippen molar-refractivity contribution in [3.05, 3.63) is 35.8 Å². The van der Waals surface area contributed by atoms with Crippen molar-refractivity contribution < 1.29 is 42.9 Å². The molecule has 0 unspecified atom stereocenters. The van der Waals surface area contributed by atoms with Crippen LogP contribution in [0.1, 0.15) is 65.5 Å². The largest absolute Gasteiger partial charge is 0.472 e. The van der Waals surface area contributed by atoms with Gasteiger partial charge in [0, 0.05) is 41.6 Å². The fourth-order valence-electron chi connectivity index (χ4n) is 8.36. The molecule has 1 aromatic heterocycles. The molecule has 9 atom stereocenters. The first-order valence-electron chi connectivity index (χ1n) is 13.2. The zero-order valence-electron chi connectivity index (χ0n) is 22.7. The number of hydrogen-bond donors (Lipinski definition) is 1. The summed E-state index contributed by atoms with van der Waals surface area (Å²) in [5.41, 5.74) is -1.14. The maximum Gasteiger partial charge on any atom is 0.307 e. The van der Waals surface area contributed by atoms with Crippen LogP contribution in [0.25, 0.3) is 0 Å². The molecule has 1 N–H and O–H groups in total. The number of furan rings is 1. The summed E-state index contributed by atoms with van der Waals surface area (Å²) in [6.45, 7) is 8.90. The van der Waals surface area contributed by atoms with Gasteiger partial charge in [-0.3, -0.25) is 19.2 Å². The number of aliphatic hydroxyl groups excluding tert-OH is 1. The number of fused-ring (bicyclic) bond motifs is 6. The predicted octanol–water partition coefficient (Wildman–Crippen LogP) is 3.55. The highest BCUT2D eigenvalue weighted by Crippen LogP contribution is 2.68. The lowest BCUT2D eigenvalue weighted by atomic mass is 9.40. The first kappa shape index (κ1) is 26.7. The third-order valence-corrected chi connectivity index (χ3v) is 10.1. The van der Waals surface area contributed by atoms with Crippen molar-refractivity contribution in [2.45, 2.75) is 72.2 Å². The van der Waals surface area contributed by atoms with Gasteiger partial charge in [0.1, 0.15) is 18.0 Å². The minimum absolute atomic E-state index is 0.0757. The van der Waals surface area contributed by atoms with E-state index >= 15 is 0 Å². The van der Waals surface area contributed by atoms with Crippen LogP contribution >= 0.6 is 0 Å². The van der Waals surface area contributed by atoms with Crippen molar-refractivity contribution in [3.8, 4) is 0 Å². The molecule has 2 saturated carbocycles. The highest BCUT2D eigenvalue weighted by molar-refractivity contribution is 5.93. The topological polar surface area (TPSA) is 129 Å². The Labute approximate surface area is 221 Å². The van der Waals surface area contributed by atoms with Crippen LogP contribution in [0.4, 0.5) is 0 Å². The second-order valence-electron chi connectivity index (χ2n) is 12.5. The molecule has 1 aliphatic heterocycles. The molecule has 1 aromatic rings. The van der Waals surface area contributed by atoms with Gasteiger partial charge in [0.15, 0.2) is 0 Å². The number of carbonyl (C=O) groups is 4. The van der Waals surface area contributed by atoms with Gasteiger partial charge < -0.3 is 23.7 Å². The van der Waals surface area contributed by atoms with Crippen molar-refractivity contribution in [1.82, 2.24) is 0 Å². The van der Waals surface area contributed by atoms with Gasteiger partial charge in [-0.15, -0.1) is 0 Å². The van der Waals surface area contributed by atoms with Crippen molar-refractivity contribution in [2.75, 3.05) is 7.11 Å². The molecule has 9 nitrogen and oxygen atoms in total. The third-order valence-electron chi connectivity index (χ3n) is 10.1. The van der Waals surface area contributed by atoms with Crippen molar-refractivity contribution in [3.63, 3.8) is 0 Å². The minimum Gasteiger partial charge on any atom is -0.472 e. The van der Waals surface area contributed by atoms with Gasteiger partial charge in [-0.2, -0.15) is 0 Å². The molecule has 38 heavy (non-hydrogen) atoms. The fraction of sp³-hybridized carbons (Fsp3) is 0.655. The summed E-state index contributed by atoms with van der Waals surface area (Å²) >= 11 is 0. The van der Waals surface area contributed by atoms with Crippen LogP contribution in [0.15, 0.2) is 34.7 Å². The minimum atomic E-state index is -1.15. The molecular formula is C29H36O9. The van der Waals surface area contributed by atoms with E-state index in [0.717, 1.165) is 5.57 Å². The lowest BCUT2D eigenvalue weighted by Crippen LogP contribution is -2.68. The molecular weight excluding hydrogens is 492 g/mol. The number of ether oxygens (including phenoxy) is 3. The van der Waals surface area contributed by atoms with Crippen molar-refractivity contribution in [1.29, 1.82) is 0 Å². The Balaban J connectivity index is 1.72. The molecule has 3 aliphatic carbocycles. The summed E-state index contributed by atoms with van der Waals surface area (Å²) in [5.74, 6) is -3.85. The highest BCUT2D eigenvalue weighted by Gasteiger charge is 2.70. The number of Topliss-reactive ketones (excluding diaryl/α,β-unsaturated/α-hetero) is 1. The molecule has 3 fully saturated rings. The summed E-state index contributed by atoms with van der Waals surface area (Å²) in [7, 11) is 1.30. The first-order valence-corrected chi connectivity index (χ1v) is 13.2. The van der Waals surface area contributed by atoms with Crippen LogP contribution in [0.3, 0.4) is 0 Å². The standard InChI is InChI=1S/C29H36O9/c1-14(30)37-19-12-28(4)18(10-22(32)38-26(28)15-7-8-36-13-15)16-9-17-24(33)27(2,3)20(11-21(31)35-6)29(5,23(16)19)25(17)34/h7-9,13,17-20,23-24,26,33H,10-12H2,1-6H3/t17-,18-,19+,20-,23+,24+,26-,28+,29-/m0/s1. The average Bonchev–Trinajstić information content (AvgIpc) is 3.37. The molecule has 2 heterocycles. The summed E-state index contributed by atoms with van der Waals surface area (Å²) in [5, 5.41) is 11.5. The Morgan fingerprint density at radius 1 is 1.18 bits per heavy atom. The van der Waals surface area contributed by atoms with Gasteiger partial charge in [0.2, 0.25) is 0 Å². The molecule has 0 aromatic carbocycles. The SMILES string of the molecule is COC(=O)C[C@H]1C(C)(C)[C@H](O)[C@@H]2C=C3[C@H]([C@H](OC(C)=O)C[C@]4(C)[C@H]3CC(=O)O[C@H]4c3ccoc3)[C@@]1(C)C2=O. The third kappa shape index (κ3) is 3.61. The number of esters is 3. The summed E-state index contributed by atoms with van der Waals surface area (Å²) in [4.78, 5) is 52.1. The van der Waals surface area contributed by atoms with E-state index in [2.05, 4.69) is 0 Å². The number of carbonyl (C=O) groups excluding carboxylic acids is 4. The molecule has 1 saturated heterocycles. The van der Waals surface area contributed by atoms with Gasteiger partial charge in [-0.05, 0) is 23.8 Å². The Morgan fingerprint density at radius 2 is 1.89 bits per heavy atom. The zero-order valence-corrected chi connectivity index (χ0v) is 22.7. The van der Waals surface area contributed by atoms with Gasteiger partial charge in [-0.1, -0.05) is 39.3 Å². The molecule has 0 spiro atoms. The second-order valence-corrected chi connectivity index (χ2v) is 12.5. The van der Waals surface area contributed by atoms with Gasteiger partial charge >= 0.3 is 17.9 Å². The first-order chi connectivity index (χ1) is 17.8. The summed E-state index contributed by atoms with van der Waals surface area (Å²) in [6.07, 6.45) is 2.83. The van der Waals surface area contributed by atoms with E-state index < -0.39 is 64.2 Å². The van der Waals surface area contributed by atoms with E-state index in [-0.39, 0.29) is 30.5 Å². The van der Waals surface area contributed by atoms with E-state index in [4.69, 9.17) is 18.6 Å². The molecule has 0 radical (unpaired) electrons. The summed E-state index contributed by atoms with van der Waals surface area (Å²) in [6, 6.07) is 1.76. The number of methoxy groups -OCH3 is 1. The van der Waals surface area contributed by atoms with Gasteiger partial charge in [-0.25, -0.2) is 0 Å². The number of aliphatic hydroxyl groups is 1. The van der Waals surface area contributed by atoms with Crippen LogP contribution in [0.2, 0.25) is 0 Å². The van der Waals surface area contributed by atoms with E-state index in [0.29, 0.717) is 12.0 Å². The van der Waals surface area contributed by atoms with Crippen molar-refractivity contribution in [2.24, 2.45) is 39.9 Å². The maximum absolute atomic E-state index is 14.1. The second kappa shape index (κ2) is 8.79. The Morgan fingerprint density at radius 3 is 2.50 bits per heavy atom.